The van der Waals surface area contributed by atoms with E-state index in [1.54, 1.807) is 0 Å². The van der Waals surface area contributed by atoms with Crippen molar-refractivity contribution < 1.29 is 13.5 Å². The average Bonchev–Trinajstić information content (AvgIpc) is 2.32. The van der Waals surface area contributed by atoms with Crippen LogP contribution in [0.3, 0.4) is 0 Å². The van der Waals surface area contributed by atoms with Gasteiger partial charge in [-0.05, 0) is 44.5 Å². The second kappa shape index (κ2) is 7.44. The van der Waals surface area contributed by atoms with Crippen molar-refractivity contribution in [2.75, 3.05) is 13.7 Å². The molecule has 4 heteroatoms. The van der Waals surface area contributed by atoms with Gasteiger partial charge in [-0.25, -0.2) is 8.78 Å². The molecule has 1 rings (SSSR count). The monoisotopic (exact) mass is 257 g/mol. The fourth-order valence-electron chi connectivity index (χ4n) is 2.13. The van der Waals surface area contributed by atoms with E-state index >= 15 is 0 Å². The normalized spacial score (nSPS) is 14.5. The highest BCUT2D eigenvalue weighted by molar-refractivity contribution is 5.19. The van der Waals surface area contributed by atoms with E-state index in [0.29, 0.717) is 18.6 Å². The maximum absolute atomic E-state index is 13.1. The SMILES string of the molecule is CCOC(CC)C(Cc1cc(F)cc(F)c1)NC. The molecule has 1 N–H and O–H groups in total. The van der Waals surface area contributed by atoms with Gasteiger partial charge in [0.2, 0.25) is 0 Å². The molecule has 102 valence electrons. The summed E-state index contributed by atoms with van der Waals surface area (Å²) < 4.78 is 31.9. The van der Waals surface area contributed by atoms with Gasteiger partial charge in [0.25, 0.3) is 0 Å². The Morgan fingerprint density at radius 1 is 1.17 bits per heavy atom. The van der Waals surface area contributed by atoms with Crippen molar-refractivity contribution in [3.8, 4) is 0 Å². The fraction of sp³-hybridized carbons (Fsp3) is 0.571. The molecule has 1 aromatic carbocycles. The second-order valence-corrected chi connectivity index (χ2v) is 4.28. The van der Waals surface area contributed by atoms with Gasteiger partial charge in [-0.15, -0.1) is 0 Å². The lowest BCUT2D eigenvalue weighted by Crippen LogP contribution is -2.40. The summed E-state index contributed by atoms with van der Waals surface area (Å²) in [5.41, 5.74) is 0.644. The van der Waals surface area contributed by atoms with E-state index in [4.69, 9.17) is 4.74 Å². The summed E-state index contributed by atoms with van der Waals surface area (Å²) in [5, 5.41) is 3.16. The maximum Gasteiger partial charge on any atom is 0.126 e. The number of rotatable bonds is 7. The molecular weight excluding hydrogens is 236 g/mol. The summed E-state index contributed by atoms with van der Waals surface area (Å²) in [7, 11) is 1.84. The minimum Gasteiger partial charge on any atom is -0.377 e. The van der Waals surface area contributed by atoms with Gasteiger partial charge in [-0.1, -0.05) is 6.92 Å². The van der Waals surface area contributed by atoms with E-state index in [0.717, 1.165) is 12.5 Å². The predicted octanol–water partition coefficient (Wildman–Crippen LogP) is 2.91. The molecule has 0 aromatic heterocycles. The van der Waals surface area contributed by atoms with E-state index < -0.39 is 11.6 Å². The molecule has 0 aliphatic rings. The van der Waals surface area contributed by atoms with Gasteiger partial charge in [0, 0.05) is 18.7 Å². The Balaban J connectivity index is 2.77. The number of nitrogens with one attached hydrogen (secondary N) is 1. The van der Waals surface area contributed by atoms with E-state index in [-0.39, 0.29) is 12.1 Å². The van der Waals surface area contributed by atoms with E-state index in [9.17, 15) is 8.78 Å². The zero-order valence-corrected chi connectivity index (χ0v) is 11.2. The van der Waals surface area contributed by atoms with Gasteiger partial charge >= 0.3 is 0 Å². The van der Waals surface area contributed by atoms with Crippen LogP contribution in [0.25, 0.3) is 0 Å². The van der Waals surface area contributed by atoms with Crippen LogP contribution in [0.2, 0.25) is 0 Å². The third kappa shape index (κ3) is 4.35. The first-order valence-electron chi connectivity index (χ1n) is 6.34. The van der Waals surface area contributed by atoms with Crippen molar-refractivity contribution in [3.05, 3.63) is 35.4 Å². The Morgan fingerprint density at radius 3 is 2.22 bits per heavy atom. The zero-order valence-electron chi connectivity index (χ0n) is 11.2. The van der Waals surface area contributed by atoms with Gasteiger partial charge in [-0.3, -0.25) is 0 Å². The van der Waals surface area contributed by atoms with Crippen LogP contribution in [-0.4, -0.2) is 25.8 Å². The molecule has 0 spiro atoms. The van der Waals surface area contributed by atoms with Crippen molar-refractivity contribution >= 4 is 0 Å². The summed E-state index contributed by atoms with van der Waals surface area (Å²) in [6.45, 7) is 4.61. The summed E-state index contributed by atoms with van der Waals surface area (Å²) in [6.07, 6.45) is 1.45. The molecule has 0 saturated heterocycles. The number of hydrogen-bond acceptors (Lipinski definition) is 2. The molecule has 2 unspecified atom stereocenters. The number of ether oxygens (including phenoxy) is 1. The first-order chi connectivity index (χ1) is 8.60. The third-order valence-electron chi connectivity index (χ3n) is 2.98. The Labute approximate surface area is 107 Å². The van der Waals surface area contributed by atoms with Crippen LogP contribution in [0.1, 0.15) is 25.8 Å². The van der Waals surface area contributed by atoms with Crippen LogP contribution in [0.5, 0.6) is 0 Å². The van der Waals surface area contributed by atoms with E-state index in [2.05, 4.69) is 5.32 Å². The van der Waals surface area contributed by atoms with Crippen LogP contribution in [0.4, 0.5) is 8.78 Å². The number of halogens is 2. The standard InChI is InChI=1S/C14H21F2NO/c1-4-14(18-5-2)13(17-3)8-10-6-11(15)9-12(16)7-10/h6-7,9,13-14,17H,4-5,8H2,1-3H3. The molecule has 0 aliphatic heterocycles. The van der Waals surface area contributed by atoms with Crippen LogP contribution in [-0.2, 0) is 11.2 Å². The largest absolute Gasteiger partial charge is 0.377 e. The Bertz CT molecular complexity index is 351. The molecule has 18 heavy (non-hydrogen) atoms. The number of likely N-dealkylation sites (N-methyl/N-ethyl adjacent to an activating group) is 1. The van der Waals surface area contributed by atoms with Crippen molar-refractivity contribution in [3.63, 3.8) is 0 Å². The predicted molar refractivity (Wildman–Crippen MR) is 68.6 cm³/mol. The summed E-state index contributed by atoms with van der Waals surface area (Å²) in [6, 6.07) is 3.67. The quantitative estimate of drug-likeness (QED) is 0.811. The number of benzene rings is 1. The first kappa shape index (κ1) is 15.1. The highest BCUT2D eigenvalue weighted by Crippen LogP contribution is 2.14. The topological polar surface area (TPSA) is 21.3 Å². The molecule has 0 amide bonds. The van der Waals surface area contributed by atoms with Crippen molar-refractivity contribution in [1.82, 2.24) is 5.32 Å². The molecule has 0 saturated carbocycles. The lowest BCUT2D eigenvalue weighted by molar-refractivity contribution is 0.0338. The van der Waals surface area contributed by atoms with Crippen LogP contribution in [0.15, 0.2) is 18.2 Å². The lowest BCUT2D eigenvalue weighted by atomic mass is 9.99. The van der Waals surface area contributed by atoms with E-state index in [1.165, 1.54) is 12.1 Å². The van der Waals surface area contributed by atoms with Crippen LogP contribution >= 0.6 is 0 Å². The van der Waals surface area contributed by atoms with Gasteiger partial charge < -0.3 is 10.1 Å². The van der Waals surface area contributed by atoms with Crippen LogP contribution in [0, 0.1) is 11.6 Å². The molecule has 0 bridgehead atoms. The first-order valence-corrected chi connectivity index (χ1v) is 6.34. The Kier molecular flexibility index (Phi) is 6.22. The third-order valence-corrected chi connectivity index (χ3v) is 2.98. The van der Waals surface area contributed by atoms with E-state index in [1.807, 2.05) is 20.9 Å². The Hall–Kier alpha value is -1.00. The second-order valence-electron chi connectivity index (χ2n) is 4.28. The molecule has 2 atom stereocenters. The molecule has 0 radical (unpaired) electrons. The van der Waals surface area contributed by atoms with Crippen LogP contribution < -0.4 is 5.32 Å². The smallest absolute Gasteiger partial charge is 0.126 e. The fourth-order valence-corrected chi connectivity index (χ4v) is 2.13. The molecular formula is C14H21F2NO. The van der Waals surface area contributed by atoms with Gasteiger partial charge in [-0.2, -0.15) is 0 Å². The maximum atomic E-state index is 13.1. The van der Waals surface area contributed by atoms with Gasteiger partial charge in [0.05, 0.1) is 6.10 Å². The van der Waals surface area contributed by atoms with Crippen molar-refractivity contribution in [2.24, 2.45) is 0 Å². The molecule has 0 heterocycles. The van der Waals surface area contributed by atoms with Gasteiger partial charge in [0.1, 0.15) is 11.6 Å². The molecule has 2 nitrogen and oxygen atoms in total. The minimum absolute atomic E-state index is 0.0475. The zero-order chi connectivity index (χ0) is 13.5. The molecule has 1 aromatic rings. The molecule has 0 aliphatic carbocycles. The summed E-state index contributed by atoms with van der Waals surface area (Å²) in [4.78, 5) is 0. The Morgan fingerprint density at radius 2 is 1.78 bits per heavy atom. The lowest BCUT2D eigenvalue weighted by Gasteiger charge is -2.26. The average molecular weight is 257 g/mol. The minimum atomic E-state index is -0.538. The highest BCUT2D eigenvalue weighted by Gasteiger charge is 2.19. The molecule has 0 fully saturated rings. The highest BCUT2D eigenvalue weighted by atomic mass is 19.1. The van der Waals surface area contributed by atoms with Crippen molar-refractivity contribution in [1.29, 1.82) is 0 Å². The summed E-state index contributed by atoms with van der Waals surface area (Å²) in [5.74, 6) is -1.08. The summed E-state index contributed by atoms with van der Waals surface area (Å²) >= 11 is 0. The number of hydrogen-bond donors (Lipinski definition) is 1. The van der Waals surface area contributed by atoms with Gasteiger partial charge in [0.15, 0.2) is 0 Å². The van der Waals surface area contributed by atoms with Crippen molar-refractivity contribution in [2.45, 2.75) is 38.8 Å².